The molecule has 0 amide bonds. The lowest BCUT2D eigenvalue weighted by molar-refractivity contribution is -0.0189. The molecule has 24 heavy (non-hydrogen) atoms. The molecule has 1 atom stereocenters. The first-order valence-electron chi connectivity index (χ1n) is 7.72. The highest BCUT2D eigenvalue weighted by Gasteiger charge is 2.30. The van der Waals surface area contributed by atoms with E-state index >= 15 is 0 Å². The molecule has 2 aromatic rings. The van der Waals surface area contributed by atoms with Crippen LogP contribution >= 0.6 is 0 Å². The molecular formula is C16H16F2N2O4. The molecule has 0 saturated heterocycles. The minimum atomic E-state index is -1.80. The zero-order chi connectivity index (χ0) is 17.4. The molecule has 1 saturated carbocycles. The highest BCUT2D eigenvalue weighted by atomic mass is 19.1. The first-order chi connectivity index (χ1) is 11.4. The summed E-state index contributed by atoms with van der Waals surface area (Å²) in [5, 5.41) is 9.45. The van der Waals surface area contributed by atoms with Gasteiger partial charge in [-0.25, -0.2) is 9.18 Å². The van der Waals surface area contributed by atoms with Crippen LogP contribution in [0.15, 0.2) is 17.1 Å². The number of rotatable bonds is 5. The van der Waals surface area contributed by atoms with Crippen molar-refractivity contribution in [1.82, 2.24) is 9.38 Å². The van der Waals surface area contributed by atoms with Crippen molar-refractivity contribution in [3.63, 3.8) is 0 Å². The van der Waals surface area contributed by atoms with Gasteiger partial charge in [0.05, 0.1) is 6.20 Å². The number of pyridine rings is 1. The second-order valence-corrected chi connectivity index (χ2v) is 5.80. The minimum absolute atomic E-state index is 0.0280. The molecule has 1 aliphatic carbocycles. The topological polar surface area (TPSA) is 80.9 Å². The molecule has 1 fully saturated rings. The molecule has 0 radical (unpaired) electrons. The fourth-order valence-electron chi connectivity index (χ4n) is 2.52. The Hall–Kier alpha value is -2.51. The molecular weight excluding hydrogens is 322 g/mol. The third-order valence-electron chi connectivity index (χ3n) is 3.89. The van der Waals surface area contributed by atoms with Crippen molar-refractivity contribution in [3.05, 3.63) is 39.6 Å². The standard InChI is InChI=1S/C16H16F2N2O4/c1-2-3-12(18)24-16(23)10-6-9(8-4-5-8)13-19-14(21)11(17)7-20(13)15(10)22/h6-8,12H,2-5H2,1H3,(H,19,21). The van der Waals surface area contributed by atoms with E-state index in [9.17, 15) is 23.5 Å². The summed E-state index contributed by atoms with van der Waals surface area (Å²) < 4.78 is 32.6. The van der Waals surface area contributed by atoms with Crippen LogP contribution in [0.5, 0.6) is 5.88 Å². The van der Waals surface area contributed by atoms with Gasteiger partial charge in [0.1, 0.15) is 11.2 Å². The number of hydrogen-bond acceptors (Lipinski definition) is 5. The Bertz CT molecular complexity index is 861. The van der Waals surface area contributed by atoms with E-state index in [1.54, 1.807) is 6.92 Å². The molecule has 1 aliphatic rings. The van der Waals surface area contributed by atoms with E-state index in [1.807, 2.05) is 0 Å². The van der Waals surface area contributed by atoms with Crippen LogP contribution in [0.25, 0.3) is 5.65 Å². The first kappa shape index (κ1) is 16.4. The maximum absolute atomic E-state index is 13.6. The van der Waals surface area contributed by atoms with E-state index in [1.165, 1.54) is 6.07 Å². The van der Waals surface area contributed by atoms with Gasteiger partial charge in [0.25, 0.3) is 11.4 Å². The van der Waals surface area contributed by atoms with Crippen LogP contribution in [0, 0.1) is 5.82 Å². The zero-order valence-corrected chi connectivity index (χ0v) is 13.0. The molecule has 3 rings (SSSR count). The highest BCUT2D eigenvalue weighted by Crippen LogP contribution is 2.41. The lowest BCUT2D eigenvalue weighted by Crippen LogP contribution is -2.27. The molecule has 0 aromatic carbocycles. The summed E-state index contributed by atoms with van der Waals surface area (Å²) in [7, 11) is 0. The molecule has 0 aliphatic heterocycles. The van der Waals surface area contributed by atoms with Crippen molar-refractivity contribution in [2.45, 2.75) is 44.9 Å². The molecule has 0 bridgehead atoms. The third kappa shape index (κ3) is 2.95. The fraction of sp³-hybridized carbons (Fsp3) is 0.438. The van der Waals surface area contributed by atoms with Gasteiger partial charge in [-0.2, -0.15) is 9.37 Å². The average molecular weight is 338 g/mol. The lowest BCUT2D eigenvalue weighted by Gasteiger charge is -2.12. The second kappa shape index (κ2) is 6.18. The van der Waals surface area contributed by atoms with Gasteiger partial charge in [-0.15, -0.1) is 0 Å². The highest BCUT2D eigenvalue weighted by molar-refractivity contribution is 5.90. The summed E-state index contributed by atoms with van der Waals surface area (Å²) >= 11 is 0. The Labute approximate surface area is 135 Å². The Balaban J connectivity index is 2.12. The maximum Gasteiger partial charge on any atom is 0.346 e. The van der Waals surface area contributed by atoms with Crippen LogP contribution in [0.4, 0.5) is 8.78 Å². The number of hydrogen-bond donors (Lipinski definition) is 1. The van der Waals surface area contributed by atoms with Crippen molar-refractivity contribution in [2.75, 3.05) is 0 Å². The van der Waals surface area contributed by atoms with Crippen LogP contribution in [0.2, 0.25) is 0 Å². The molecule has 1 N–H and O–H groups in total. The summed E-state index contributed by atoms with van der Waals surface area (Å²) in [4.78, 5) is 28.2. The van der Waals surface area contributed by atoms with E-state index in [0.29, 0.717) is 12.0 Å². The molecule has 128 valence electrons. The Morgan fingerprint density at radius 3 is 2.88 bits per heavy atom. The lowest BCUT2D eigenvalue weighted by atomic mass is 10.1. The summed E-state index contributed by atoms with van der Waals surface area (Å²) in [6.07, 6.45) is 1.11. The van der Waals surface area contributed by atoms with Crippen molar-refractivity contribution in [2.24, 2.45) is 0 Å². The molecule has 1 unspecified atom stereocenters. The number of fused-ring (bicyclic) bond motifs is 1. The first-order valence-corrected chi connectivity index (χ1v) is 7.72. The Kier molecular flexibility index (Phi) is 4.21. The number of halogens is 2. The summed E-state index contributed by atoms with van der Waals surface area (Å²) in [5.41, 5.74) is -0.624. The van der Waals surface area contributed by atoms with Crippen LogP contribution in [0.3, 0.4) is 0 Å². The van der Waals surface area contributed by atoms with E-state index in [2.05, 4.69) is 9.72 Å². The van der Waals surface area contributed by atoms with Crippen molar-refractivity contribution < 1.29 is 23.4 Å². The smallest absolute Gasteiger partial charge is 0.346 e. The molecule has 2 heterocycles. The third-order valence-corrected chi connectivity index (χ3v) is 3.89. The molecule has 6 nitrogen and oxygen atoms in total. The van der Waals surface area contributed by atoms with E-state index in [0.717, 1.165) is 23.4 Å². The summed E-state index contributed by atoms with van der Waals surface area (Å²) in [6, 6.07) is 1.31. The SMILES string of the molecule is CCCC(F)OC(=O)c1cc(C2CC2)c2nc(O)c(F)cn2c1=O. The van der Waals surface area contributed by atoms with Gasteiger partial charge < -0.3 is 9.84 Å². The van der Waals surface area contributed by atoms with Gasteiger partial charge in [-0.1, -0.05) is 6.92 Å². The van der Waals surface area contributed by atoms with Crippen LogP contribution in [-0.2, 0) is 4.74 Å². The normalized spacial score (nSPS) is 15.5. The van der Waals surface area contributed by atoms with Crippen LogP contribution in [0.1, 0.15) is 54.4 Å². The van der Waals surface area contributed by atoms with Gasteiger partial charge in [-0.05, 0) is 36.8 Å². The number of carbonyl (C=O) groups excluding carboxylic acids is 1. The number of nitrogens with zero attached hydrogens (tertiary/aromatic N) is 2. The monoisotopic (exact) mass is 338 g/mol. The van der Waals surface area contributed by atoms with Gasteiger partial charge in [0.15, 0.2) is 0 Å². The summed E-state index contributed by atoms with van der Waals surface area (Å²) in [5.74, 6) is -2.95. The summed E-state index contributed by atoms with van der Waals surface area (Å²) in [6.45, 7) is 1.73. The minimum Gasteiger partial charge on any atom is -0.491 e. The number of aromatic hydroxyl groups is 1. The largest absolute Gasteiger partial charge is 0.491 e. The van der Waals surface area contributed by atoms with Gasteiger partial charge in [0.2, 0.25) is 12.2 Å². The predicted octanol–water partition coefficient (Wildman–Crippen LogP) is 2.67. The molecule has 2 aromatic heterocycles. The Morgan fingerprint density at radius 2 is 2.25 bits per heavy atom. The quantitative estimate of drug-likeness (QED) is 0.848. The maximum atomic E-state index is 13.6. The van der Waals surface area contributed by atoms with E-state index in [-0.39, 0.29) is 23.5 Å². The molecule has 0 spiro atoms. The number of ether oxygens (including phenoxy) is 1. The molecule has 8 heteroatoms. The van der Waals surface area contributed by atoms with Crippen LogP contribution in [-0.4, -0.2) is 26.8 Å². The fourth-order valence-corrected chi connectivity index (χ4v) is 2.52. The van der Waals surface area contributed by atoms with Gasteiger partial charge in [0, 0.05) is 6.42 Å². The van der Waals surface area contributed by atoms with E-state index in [4.69, 9.17) is 0 Å². The van der Waals surface area contributed by atoms with E-state index < -0.39 is 29.6 Å². The number of carbonyl (C=O) groups is 1. The predicted molar refractivity (Wildman–Crippen MR) is 80.3 cm³/mol. The number of alkyl halides is 1. The number of esters is 1. The average Bonchev–Trinajstić information content (AvgIpc) is 3.34. The zero-order valence-electron chi connectivity index (χ0n) is 13.0. The van der Waals surface area contributed by atoms with Crippen LogP contribution < -0.4 is 5.56 Å². The second-order valence-electron chi connectivity index (χ2n) is 5.80. The Morgan fingerprint density at radius 1 is 1.54 bits per heavy atom. The van der Waals surface area contributed by atoms with Crippen molar-refractivity contribution in [3.8, 4) is 5.88 Å². The van der Waals surface area contributed by atoms with Crippen molar-refractivity contribution in [1.29, 1.82) is 0 Å². The number of aromatic nitrogens is 2. The van der Waals surface area contributed by atoms with Gasteiger partial charge in [-0.3, -0.25) is 9.20 Å². The van der Waals surface area contributed by atoms with Crippen molar-refractivity contribution >= 4 is 11.6 Å². The van der Waals surface area contributed by atoms with Gasteiger partial charge >= 0.3 is 5.97 Å².